The van der Waals surface area contributed by atoms with Crippen LogP contribution < -0.4 is 9.47 Å². The summed E-state index contributed by atoms with van der Waals surface area (Å²) in [6.07, 6.45) is 11.6. The number of carbonyl (C=O) groups excluding carboxylic acids is 1. The van der Waals surface area contributed by atoms with Gasteiger partial charge in [-0.2, -0.15) is 0 Å². The number of amides is 1. The van der Waals surface area contributed by atoms with E-state index >= 15 is 0 Å². The summed E-state index contributed by atoms with van der Waals surface area (Å²) in [5, 5.41) is 2.02. The lowest BCUT2D eigenvalue weighted by molar-refractivity contribution is -0.128. The number of nitrogens with zero attached hydrogens (tertiary/aromatic N) is 1. The van der Waals surface area contributed by atoms with E-state index in [0.717, 1.165) is 48.5 Å². The SMILES string of the molecule is COc1cc(CN(C(=O)/C=C/c2cccs2)C2CCCC2)ccc1OCC1CCCCO1. The molecule has 1 saturated heterocycles. The molecule has 2 fully saturated rings. The van der Waals surface area contributed by atoms with E-state index in [1.165, 1.54) is 19.3 Å². The van der Waals surface area contributed by atoms with Gasteiger partial charge in [0.15, 0.2) is 11.5 Å². The second-order valence-electron chi connectivity index (χ2n) is 8.54. The van der Waals surface area contributed by atoms with Crippen LogP contribution in [0.1, 0.15) is 55.4 Å². The third kappa shape index (κ3) is 6.14. The van der Waals surface area contributed by atoms with E-state index < -0.39 is 0 Å². The van der Waals surface area contributed by atoms with E-state index in [4.69, 9.17) is 14.2 Å². The van der Waals surface area contributed by atoms with Crippen molar-refractivity contribution in [2.45, 2.75) is 63.6 Å². The molecule has 1 atom stereocenters. The Hall–Kier alpha value is -2.31. The quantitative estimate of drug-likeness (QED) is 0.456. The largest absolute Gasteiger partial charge is 0.493 e. The summed E-state index contributed by atoms with van der Waals surface area (Å²) in [5.41, 5.74) is 1.05. The number of benzene rings is 1. The Kier molecular flexibility index (Phi) is 8.24. The molecule has 1 aromatic carbocycles. The minimum absolute atomic E-state index is 0.0686. The maximum Gasteiger partial charge on any atom is 0.247 e. The van der Waals surface area contributed by atoms with Gasteiger partial charge in [0.2, 0.25) is 5.91 Å². The van der Waals surface area contributed by atoms with Crippen LogP contribution in [0.3, 0.4) is 0 Å². The third-order valence-corrected chi connectivity index (χ3v) is 7.10. The van der Waals surface area contributed by atoms with E-state index in [2.05, 4.69) is 0 Å². The number of carbonyl (C=O) groups is 1. The third-order valence-electron chi connectivity index (χ3n) is 6.26. The number of rotatable bonds is 9. The van der Waals surface area contributed by atoms with Gasteiger partial charge in [-0.15, -0.1) is 11.3 Å². The molecule has 1 amide bonds. The minimum Gasteiger partial charge on any atom is -0.493 e. The molecule has 1 aliphatic carbocycles. The summed E-state index contributed by atoms with van der Waals surface area (Å²) in [6, 6.07) is 10.3. The van der Waals surface area contributed by atoms with E-state index in [9.17, 15) is 4.79 Å². The Bertz CT molecular complexity index is 883. The molecular formula is C26H33NO4S. The zero-order valence-electron chi connectivity index (χ0n) is 18.8. The number of methoxy groups -OCH3 is 1. The number of ether oxygens (including phenoxy) is 3. The van der Waals surface area contributed by atoms with Crippen molar-refractivity contribution >= 4 is 23.3 Å². The molecule has 4 rings (SSSR count). The number of hydrogen-bond donors (Lipinski definition) is 0. The molecule has 2 aromatic rings. The van der Waals surface area contributed by atoms with Gasteiger partial charge in [-0.05, 0) is 67.3 Å². The summed E-state index contributed by atoms with van der Waals surface area (Å²) in [5.74, 6) is 1.49. The van der Waals surface area contributed by atoms with Crippen molar-refractivity contribution in [3.8, 4) is 11.5 Å². The normalized spacial score (nSPS) is 19.3. The van der Waals surface area contributed by atoms with E-state index in [0.29, 0.717) is 24.9 Å². The van der Waals surface area contributed by atoms with Gasteiger partial charge < -0.3 is 19.1 Å². The highest BCUT2D eigenvalue weighted by Gasteiger charge is 2.26. The highest BCUT2D eigenvalue weighted by atomic mass is 32.1. The number of hydrogen-bond acceptors (Lipinski definition) is 5. The second-order valence-corrected chi connectivity index (χ2v) is 9.52. The van der Waals surface area contributed by atoms with Crippen LogP contribution in [0.5, 0.6) is 11.5 Å². The Morgan fingerprint density at radius 2 is 2.00 bits per heavy atom. The molecule has 0 N–H and O–H groups in total. The van der Waals surface area contributed by atoms with Crippen LogP contribution in [0, 0.1) is 0 Å². The summed E-state index contributed by atoms with van der Waals surface area (Å²) < 4.78 is 17.4. The van der Waals surface area contributed by atoms with Gasteiger partial charge in [0, 0.05) is 30.1 Å². The highest BCUT2D eigenvalue weighted by molar-refractivity contribution is 7.10. The van der Waals surface area contributed by atoms with Gasteiger partial charge in [0.25, 0.3) is 0 Å². The van der Waals surface area contributed by atoms with Crippen molar-refractivity contribution in [2.75, 3.05) is 20.3 Å². The van der Waals surface area contributed by atoms with Crippen LogP contribution >= 0.6 is 11.3 Å². The molecule has 172 valence electrons. The fourth-order valence-electron chi connectivity index (χ4n) is 4.49. The Balaban J connectivity index is 1.44. The zero-order valence-corrected chi connectivity index (χ0v) is 19.6. The van der Waals surface area contributed by atoms with Gasteiger partial charge in [-0.25, -0.2) is 0 Å². The molecule has 5 nitrogen and oxygen atoms in total. The van der Waals surface area contributed by atoms with Crippen LogP contribution in [0.15, 0.2) is 41.8 Å². The first-order valence-corrected chi connectivity index (χ1v) is 12.5. The van der Waals surface area contributed by atoms with Gasteiger partial charge >= 0.3 is 0 Å². The fourth-order valence-corrected chi connectivity index (χ4v) is 5.10. The van der Waals surface area contributed by atoms with Gasteiger partial charge in [0.05, 0.1) is 13.2 Å². The smallest absolute Gasteiger partial charge is 0.247 e. The monoisotopic (exact) mass is 455 g/mol. The van der Waals surface area contributed by atoms with Crippen LogP contribution in [0.2, 0.25) is 0 Å². The predicted molar refractivity (Wildman–Crippen MR) is 128 cm³/mol. The maximum atomic E-state index is 13.1. The first-order valence-electron chi connectivity index (χ1n) is 11.7. The highest BCUT2D eigenvalue weighted by Crippen LogP contribution is 2.31. The molecule has 1 saturated carbocycles. The summed E-state index contributed by atoms with van der Waals surface area (Å²) in [6.45, 7) is 1.92. The van der Waals surface area contributed by atoms with Crippen LogP contribution in [0.25, 0.3) is 6.08 Å². The van der Waals surface area contributed by atoms with E-state index in [1.54, 1.807) is 24.5 Å². The van der Waals surface area contributed by atoms with Crippen molar-refractivity contribution < 1.29 is 19.0 Å². The first-order chi connectivity index (χ1) is 15.7. The molecule has 1 unspecified atom stereocenters. The average Bonchev–Trinajstić information content (AvgIpc) is 3.55. The topological polar surface area (TPSA) is 48.0 Å². The maximum absolute atomic E-state index is 13.1. The zero-order chi connectivity index (χ0) is 22.2. The van der Waals surface area contributed by atoms with Gasteiger partial charge in [-0.3, -0.25) is 4.79 Å². The number of thiophene rings is 1. The fraction of sp³-hybridized carbons (Fsp3) is 0.500. The molecule has 6 heteroatoms. The molecule has 32 heavy (non-hydrogen) atoms. The van der Waals surface area contributed by atoms with Crippen molar-refractivity contribution in [1.82, 2.24) is 4.90 Å². The van der Waals surface area contributed by atoms with E-state index in [1.807, 2.05) is 46.7 Å². The molecule has 0 spiro atoms. The van der Waals surface area contributed by atoms with Gasteiger partial charge in [-0.1, -0.05) is 25.0 Å². The Morgan fingerprint density at radius 3 is 2.72 bits per heavy atom. The summed E-state index contributed by atoms with van der Waals surface area (Å²) in [7, 11) is 1.66. The summed E-state index contributed by atoms with van der Waals surface area (Å²) in [4.78, 5) is 16.2. The Labute approximate surface area is 195 Å². The van der Waals surface area contributed by atoms with Crippen molar-refractivity contribution in [3.05, 3.63) is 52.2 Å². The molecule has 1 aliphatic heterocycles. The molecule has 2 heterocycles. The first kappa shape index (κ1) is 22.9. The summed E-state index contributed by atoms with van der Waals surface area (Å²) >= 11 is 1.64. The standard InChI is InChI=1S/C26H33NO4S/c1-29-25-17-20(11-13-24(25)31-19-22-9-4-5-15-30-22)18-27(21-7-2-3-8-21)26(28)14-12-23-10-6-16-32-23/h6,10-14,16-17,21-22H,2-5,7-9,15,18-19H2,1H3/b14-12+. The van der Waals surface area contributed by atoms with E-state index in [-0.39, 0.29) is 12.0 Å². The molecule has 1 aromatic heterocycles. The van der Waals surface area contributed by atoms with Crippen LogP contribution in [0.4, 0.5) is 0 Å². The molecule has 2 aliphatic rings. The van der Waals surface area contributed by atoms with Crippen LogP contribution in [-0.4, -0.2) is 43.3 Å². The second kappa shape index (κ2) is 11.5. The molecule has 0 radical (unpaired) electrons. The van der Waals surface area contributed by atoms with Crippen molar-refractivity contribution in [1.29, 1.82) is 0 Å². The lowest BCUT2D eigenvalue weighted by Gasteiger charge is -2.28. The van der Waals surface area contributed by atoms with Gasteiger partial charge in [0.1, 0.15) is 6.61 Å². The lowest BCUT2D eigenvalue weighted by atomic mass is 10.1. The predicted octanol–water partition coefficient (Wildman–Crippen LogP) is 5.69. The Morgan fingerprint density at radius 1 is 1.16 bits per heavy atom. The minimum atomic E-state index is 0.0686. The lowest BCUT2D eigenvalue weighted by Crippen LogP contribution is -2.37. The van der Waals surface area contributed by atoms with Crippen molar-refractivity contribution in [2.24, 2.45) is 0 Å². The van der Waals surface area contributed by atoms with Crippen molar-refractivity contribution in [3.63, 3.8) is 0 Å². The molecular weight excluding hydrogens is 422 g/mol. The molecule has 0 bridgehead atoms. The van der Waals surface area contributed by atoms with Crippen LogP contribution in [-0.2, 0) is 16.1 Å². The average molecular weight is 456 g/mol.